The minimum absolute atomic E-state index is 0.0202. The van der Waals surface area contributed by atoms with Crippen LogP contribution in [0.15, 0.2) is 18.2 Å². The van der Waals surface area contributed by atoms with Crippen LogP contribution in [-0.2, 0) is 35.5 Å². The Morgan fingerprint density at radius 2 is 1.79 bits per heavy atom. The highest BCUT2D eigenvalue weighted by molar-refractivity contribution is 7.87. The molecular formula is C26H36F2O5S. The fraction of sp³-hybridized carbons (Fsp3) is 0.769. The number of benzene rings is 1. The average Bonchev–Trinajstić information content (AvgIpc) is 3.37. The highest BCUT2D eigenvalue weighted by Crippen LogP contribution is 2.66. The number of fused-ring (bicyclic) bond motifs is 6. The lowest BCUT2D eigenvalue weighted by Gasteiger charge is -2.52. The van der Waals surface area contributed by atoms with Gasteiger partial charge in [0.1, 0.15) is 0 Å². The van der Waals surface area contributed by atoms with E-state index in [1.165, 1.54) is 12.1 Å². The predicted molar refractivity (Wildman–Crippen MR) is 124 cm³/mol. The lowest BCUT2D eigenvalue weighted by molar-refractivity contribution is -0.237. The summed E-state index contributed by atoms with van der Waals surface area (Å²) >= 11 is 0. The average molecular weight is 499 g/mol. The third-order valence-corrected chi connectivity index (χ3v) is 10.1. The Morgan fingerprint density at radius 3 is 2.47 bits per heavy atom. The van der Waals surface area contributed by atoms with Crippen LogP contribution >= 0.6 is 0 Å². The van der Waals surface area contributed by atoms with Crippen LogP contribution in [0.1, 0.15) is 82.4 Å². The first-order valence-corrected chi connectivity index (χ1v) is 13.9. The summed E-state index contributed by atoms with van der Waals surface area (Å²) in [5.74, 6) is 0.777. The first-order valence-electron chi connectivity index (χ1n) is 12.5. The minimum atomic E-state index is -5.09. The van der Waals surface area contributed by atoms with Crippen LogP contribution in [0, 0.1) is 22.7 Å². The first kappa shape index (κ1) is 24.6. The topological polar surface area (TPSA) is 61.8 Å². The van der Waals surface area contributed by atoms with E-state index in [1.54, 1.807) is 26.8 Å². The molecule has 1 spiro atoms. The molecule has 190 valence electrons. The Kier molecular flexibility index (Phi) is 5.75. The van der Waals surface area contributed by atoms with Crippen molar-refractivity contribution in [2.24, 2.45) is 22.7 Å². The van der Waals surface area contributed by atoms with Gasteiger partial charge in [0.2, 0.25) is 0 Å². The van der Waals surface area contributed by atoms with Gasteiger partial charge in [0.25, 0.3) is 0 Å². The second-order valence-corrected chi connectivity index (χ2v) is 13.7. The third kappa shape index (κ3) is 3.66. The number of ether oxygens (including phenoxy) is 2. The van der Waals surface area contributed by atoms with Crippen molar-refractivity contribution >= 4 is 10.1 Å². The van der Waals surface area contributed by atoms with E-state index in [4.69, 9.17) is 13.7 Å². The maximum absolute atomic E-state index is 15.1. The summed E-state index contributed by atoms with van der Waals surface area (Å²) < 4.78 is 72.0. The van der Waals surface area contributed by atoms with Crippen LogP contribution < -0.4 is 0 Å². The van der Waals surface area contributed by atoms with Gasteiger partial charge in [-0.15, -0.1) is 0 Å². The van der Waals surface area contributed by atoms with Gasteiger partial charge in [-0.3, -0.25) is 4.18 Å². The van der Waals surface area contributed by atoms with Gasteiger partial charge in [0, 0.05) is 17.4 Å². The Labute approximate surface area is 201 Å². The van der Waals surface area contributed by atoms with Gasteiger partial charge in [-0.2, -0.15) is 17.2 Å². The van der Waals surface area contributed by atoms with Crippen LogP contribution in [0.4, 0.5) is 8.78 Å². The second-order valence-electron chi connectivity index (χ2n) is 12.1. The molecule has 0 amide bonds. The fourth-order valence-corrected chi connectivity index (χ4v) is 8.19. The van der Waals surface area contributed by atoms with Crippen LogP contribution in [0.25, 0.3) is 0 Å². The number of aryl methyl sites for hydroxylation is 1. The van der Waals surface area contributed by atoms with Gasteiger partial charge < -0.3 is 9.47 Å². The van der Waals surface area contributed by atoms with Gasteiger partial charge in [0.05, 0.1) is 19.8 Å². The van der Waals surface area contributed by atoms with E-state index < -0.39 is 32.1 Å². The molecule has 1 aromatic carbocycles. The van der Waals surface area contributed by atoms with Crippen molar-refractivity contribution < 1.29 is 30.9 Å². The van der Waals surface area contributed by atoms with Crippen LogP contribution in [0.5, 0.6) is 0 Å². The maximum Gasteiger partial charge on any atom is 0.395 e. The summed E-state index contributed by atoms with van der Waals surface area (Å²) in [5, 5.41) is -4.09. The molecule has 0 bridgehead atoms. The lowest BCUT2D eigenvalue weighted by atomic mass is 9.55. The molecule has 34 heavy (non-hydrogen) atoms. The number of hydrogen-bond acceptors (Lipinski definition) is 5. The van der Waals surface area contributed by atoms with Crippen LogP contribution in [0.3, 0.4) is 0 Å². The zero-order chi connectivity index (χ0) is 24.6. The van der Waals surface area contributed by atoms with Crippen molar-refractivity contribution in [3.05, 3.63) is 34.9 Å². The Morgan fingerprint density at radius 1 is 1.09 bits per heavy atom. The smallest absolute Gasteiger partial charge is 0.347 e. The van der Waals surface area contributed by atoms with E-state index in [1.807, 2.05) is 0 Å². The molecular weight excluding hydrogens is 462 g/mol. The fourth-order valence-electron chi connectivity index (χ4n) is 7.12. The molecule has 0 unspecified atom stereocenters. The number of halogens is 2. The van der Waals surface area contributed by atoms with Crippen LogP contribution in [-0.4, -0.2) is 34.0 Å². The second kappa shape index (κ2) is 7.95. The molecule has 4 atom stereocenters. The summed E-state index contributed by atoms with van der Waals surface area (Å²) in [5.41, 5.74) is 0.867. The molecule has 4 aliphatic rings. The van der Waals surface area contributed by atoms with Gasteiger partial charge in [-0.25, -0.2) is 0 Å². The molecule has 1 aromatic rings. The highest BCUT2D eigenvalue weighted by atomic mass is 32.2. The predicted octanol–water partition coefficient (Wildman–Crippen LogP) is 5.73. The van der Waals surface area contributed by atoms with Crippen molar-refractivity contribution in [1.82, 2.24) is 0 Å². The molecule has 1 heterocycles. The summed E-state index contributed by atoms with van der Waals surface area (Å²) in [6, 6.07) is 4.42. The van der Waals surface area contributed by atoms with E-state index in [0.717, 1.165) is 43.2 Å². The molecule has 5 rings (SSSR count). The van der Waals surface area contributed by atoms with Crippen molar-refractivity contribution in [3.63, 3.8) is 0 Å². The van der Waals surface area contributed by atoms with Crippen molar-refractivity contribution in [1.29, 1.82) is 0 Å². The maximum atomic E-state index is 15.1. The van der Waals surface area contributed by atoms with E-state index in [9.17, 15) is 8.42 Å². The Hall–Kier alpha value is -1.09. The van der Waals surface area contributed by atoms with E-state index in [-0.39, 0.29) is 12.0 Å². The SMILES string of the molecule is CC(C)(C)COS(=O)(=O)C(F)(F)c1ccc2c(c1)CC[C@@H]1[C@@H]2CC[C@@]2(C)[C@H]1CCC21OCCO1. The van der Waals surface area contributed by atoms with Gasteiger partial charge in [-0.1, -0.05) is 39.8 Å². The summed E-state index contributed by atoms with van der Waals surface area (Å²) in [6.07, 6.45) is 5.50. The number of alkyl halides is 2. The van der Waals surface area contributed by atoms with E-state index >= 15 is 8.78 Å². The molecule has 2 saturated carbocycles. The molecule has 5 nitrogen and oxygen atoms in total. The Bertz CT molecular complexity index is 1060. The molecule has 0 N–H and O–H groups in total. The van der Waals surface area contributed by atoms with E-state index in [0.29, 0.717) is 37.4 Å². The molecule has 0 radical (unpaired) electrons. The third-order valence-electron chi connectivity index (χ3n) is 8.82. The molecule has 1 saturated heterocycles. The quantitative estimate of drug-likeness (QED) is 0.497. The van der Waals surface area contributed by atoms with Crippen molar-refractivity contribution in [3.8, 4) is 0 Å². The highest BCUT2D eigenvalue weighted by Gasteiger charge is 2.65. The molecule has 3 aliphatic carbocycles. The van der Waals surface area contributed by atoms with Crippen molar-refractivity contribution in [2.45, 2.75) is 83.2 Å². The summed E-state index contributed by atoms with van der Waals surface area (Å²) in [7, 11) is -5.09. The zero-order valence-corrected chi connectivity index (χ0v) is 21.3. The molecule has 1 aliphatic heterocycles. The molecule has 3 fully saturated rings. The summed E-state index contributed by atoms with van der Waals surface area (Å²) in [4.78, 5) is 0. The molecule has 0 aromatic heterocycles. The lowest BCUT2D eigenvalue weighted by Crippen LogP contribution is -2.51. The van der Waals surface area contributed by atoms with Gasteiger partial charge in [-0.05, 0) is 72.5 Å². The van der Waals surface area contributed by atoms with Gasteiger partial charge in [0.15, 0.2) is 5.79 Å². The molecule has 8 heteroatoms. The largest absolute Gasteiger partial charge is 0.395 e. The monoisotopic (exact) mass is 498 g/mol. The van der Waals surface area contributed by atoms with Crippen molar-refractivity contribution in [2.75, 3.05) is 19.8 Å². The zero-order valence-electron chi connectivity index (χ0n) is 20.5. The number of rotatable bonds is 4. The standard InChI is InChI=1S/C26H36F2O5S/c1-23(2,3)16-33-34(29,30)26(27,28)18-6-8-19-17(15-18)5-7-21-20(19)9-11-24(4)22(21)10-12-25(24)31-13-14-32-25/h6,8,15,20-22H,5,7,9-14,16H2,1-4H3/t20-,21-,22+,24+/m1/s1. The van der Waals surface area contributed by atoms with Crippen LogP contribution in [0.2, 0.25) is 0 Å². The van der Waals surface area contributed by atoms with Gasteiger partial charge >= 0.3 is 15.4 Å². The Balaban J connectivity index is 1.39. The normalized spacial score (nSPS) is 32.9. The summed E-state index contributed by atoms with van der Waals surface area (Å²) in [6.45, 7) is 8.53. The van der Waals surface area contributed by atoms with E-state index in [2.05, 4.69) is 6.92 Å². The first-order chi connectivity index (χ1) is 15.8. The number of hydrogen-bond donors (Lipinski definition) is 0. The minimum Gasteiger partial charge on any atom is -0.347 e.